The van der Waals surface area contributed by atoms with E-state index in [1.54, 1.807) is 6.92 Å². The minimum Gasteiger partial charge on any atom is -0.370 e. The first-order chi connectivity index (χ1) is 6.17. The molecule has 0 fully saturated rings. The molecule has 0 saturated carbocycles. The molecule has 1 atom stereocenters. The van der Waals surface area contributed by atoms with E-state index in [1.165, 1.54) is 0 Å². The molecule has 0 saturated heterocycles. The second-order valence-electron chi connectivity index (χ2n) is 3.48. The van der Waals surface area contributed by atoms with E-state index in [0.29, 0.717) is 12.5 Å². The predicted molar refractivity (Wildman–Crippen MR) is 54.8 cm³/mol. The number of hydrogen-bond donors (Lipinski definition) is 0. The van der Waals surface area contributed by atoms with Gasteiger partial charge in [0.25, 0.3) is 0 Å². The molecule has 13 heavy (non-hydrogen) atoms. The molecule has 0 bridgehead atoms. The van der Waals surface area contributed by atoms with Gasteiger partial charge in [-0.05, 0) is 19.3 Å². The molecule has 0 aliphatic carbocycles. The van der Waals surface area contributed by atoms with Crippen LogP contribution in [0.5, 0.6) is 0 Å². The Hall–Kier alpha value is -0.370. The summed E-state index contributed by atoms with van der Waals surface area (Å²) in [4.78, 5) is 11.3. The van der Waals surface area contributed by atoms with Crippen LogP contribution < -0.4 is 0 Å². The van der Waals surface area contributed by atoms with Crippen molar-refractivity contribution in [1.29, 1.82) is 0 Å². The summed E-state index contributed by atoms with van der Waals surface area (Å²) in [5.41, 5.74) is 0. The van der Waals surface area contributed by atoms with E-state index in [1.807, 2.05) is 0 Å². The SMILES string of the molecule is CCCOC(C(C)=O)C(CC)CC. The quantitative estimate of drug-likeness (QED) is 0.611. The number of Topliss-reactive ketones (excluding diaryl/α,β-unsaturated/α-hetero) is 1. The van der Waals surface area contributed by atoms with Gasteiger partial charge in [0, 0.05) is 6.61 Å². The molecular weight excluding hydrogens is 164 g/mol. The molecule has 0 rings (SSSR count). The maximum atomic E-state index is 11.3. The molecule has 0 heterocycles. The topological polar surface area (TPSA) is 26.3 Å². The Kier molecular flexibility index (Phi) is 6.87. The van der Waals surface area contributed by atoms with Crippen LogP contribution in [0.1, 0.15) is 47.0 Å². The predicted octanol–water partition coefficient (Wildman–Crippen LogP) is 2.81. The zero-order valence-electron chi connectivity index (χ0n) is 9.30. The number of ketones is 1. The van der Waals surface area contributed by atoms with Crippen molar-refractivity contribution >= 4 is 5.78 Å². The molecule has 0 aromatic heterocycles. The Morgan fingerprint density at radius 2 is 1.77 bits per heavy atom. The smallest absolute Gasteiger partial charge is 0.158 e. The van der Waals surface area contributed by atoms with Crippen molar-refractivity contribution in [2.24, 2.45) is 5.92 Å². The van der Waals surface area contributed by atoms with Crippen molar-refractivity contribution < 1.29 is 9.53 Å². The summed E-state index contributed by atoms with van der Waals surface area (Å²) in [6.45, 7) is 8.60. The molecule has 0 spiro atoms. The normalized spacial score (nSPS) is 13.3. The fourth-order valence-corrected chi connectivity index (χ4v) is 1.55. The van der Waals surface area contributed by atoms with Gasteiger partial charge in [0.1, 0.15) is 6.10 Å². The van der Waals surface area contributed by atoms with Gasteiger partial charge >= 0.3 is 0 Å². The Balaban J connectivity index is 4.12. The lowest BCUT2D eigenvalue weighted by atomic mass is 9.94. The summed E-state index contributed by atoms with van der Waals surface area (Å²) in [6, 6.07) is 0. The molecule has 78 valence electrons. The highest BCUT2D eigenvalue weighted by atomic mass is 16.5. The third-order valence-corrected chi connectivity index (χ3v) is 2.38. The highest BCUT2D eigenvalue weighted by molar-refractivity contribution is 5.80. The third kappa shape index (κ3) is 4.41. The van der Waals surface area contributed by atoms with Crippen molar-refractivity contribution in [2.75, 3.05) is 6.61 Å². The van der Waals surface area contributed by atoms with Crippen LogP contribution in [0.15, 0.2) is 0 Å². The van der Waals surface area contributed by atoms with Crippen LogP contribution in [0.3, 0.4) is 0 Å². The highest BCUT2D eigenvalue weighted by Crippen LogP contribution is 2.17. The second kappa shape index (κ2) is 7.07. The maximum Gasteiger partial charge on any atom is 0.158 e. The molecule has 0 amide bonds. The van der Waals surface area contributed by atoms with Gasteiger partial charge in [-0.1, -0.05) is 33.6 Å². The van der Waals surface area contributed by atoms with Gasteiger partial charge in [0.2, 0.25) is 0 Å². The maximum absolute atomic E-state index is 11.3. The van der Waals surface area contributed by atoms with E-state index in [9.17, 15) is 4.79 Å². The van der Waals surface area contributed by atoms with Gasteiger partial charge < -0.3 is 4.74 Å². The van der Waals surface area contributed by atoms with E-state index in [4.69, 9.17) is 4.74 Å². The van der Waals surface area contributed by atoms with E-state index in [0.717, 1.165) is 19.3 Å². The van der Waals surface area contributed by atoms with Crippen LogP contribution in [0.25, 0.3) is 0 Å². The molecule has 0 aliphatic heterocycles. The van der Waals surface area contributed by atoms with Gasteiger partial charge in [0.15, 0.2) is 5.78 Å². The summed E-state index contributed by atoms with van der Waals surface area (Å²) in [7, 11) is 0. The van der Waals surface area contributed by atoms with Crippen LogP contribution >= 0.6 is 0 Å². The first kappa shape index (κ1) is 12.6. The molecule has 1 unspecified atom stereocenters. The lowest BCUT2D eigenvalue weighted by Crippen LogP contribution is -2.30. The fourth-order valence-electron chi connectivity index (χ4n) is 1.55. The lowest BCUT2D eigenvalue weighted by Gasteiger charge is -2.22. The van der Waals surface area contributed by atoms with Crippen LogP contribution in [0.4, 0.5) is 0 Å². The van der Waals surface area contributed by atoms with E-state index in [2.05, 4.69) is 20.8 Å². The van der Waals surface area contributed by atoms with Crippen LogP contribution in [-0.2, 0) is 9.53 Å². The minimum atomic E-state index is -0.171. The number of carbonyl (C=O) groups excluding carboxylic acids is 1. The monoisotopic (exact) mass is 186 g/mol. The Morgan fingerprint density at radius 3 is 2.08 bits per heavy atom. The van der Waals surface area contributed by atoms with E-state index < -0.39 is 0 Å². The molecule has 0 N–H and O–H groups in total. The van der Waals surface area contributed by atoms with E-state index >= 15 is 0 Å². The first-order valence-electron chi connectivity index (χ1n) is 5.29. The van der Waals surface area contributed by atoms with Crippen molar-refractivity contribution in [3.63, 3.8) is 0 Å². The number of hydrogen-bond acceptors (Lipinski definition) is 2. The van der Waals surface area contributed by atoms with Gasteiger partial charge in [-0.2, -0.15) is 0 Å². The Labute approximate surface area is 81.7 Å². The molecule has 0 radical (unpaired) electrons. The number of ether oxygens (including phenoxy) is 1. The molecule has 0 aliphatic rings. The van der Waals surface area contributed by atoms with Gasteiger partial charge in [-0.15, -0.1) is 0 Å². The summed E-state index contributed by atoms with van der Waals surface area (Å²) < 4.78 is 5.55. The Morgan fingerprint density at radius 1 is 1.23 bits per heavy atom. The largest absolute Gasteiger partial charge is 0.370 e. The van der Waals surface area contributed by atoms with Crippen LogP contribution in [-0.4, -0.2) is 18.5 Å². The molecule has 0 aromatic carbocycles. The fraction of sp³-hybridized carbons (Fsp3) is 0.909. The highest BCUT2D eigenvalue weighted by Gasteiger charge is 2.22. The van der Waals surface area contributed by atoms with Crippen molar-refractivity contribution in [2.45, 2.75) is 53.1 Å². The Bertz CT molecular complexity index is 139. The van der Waals surface area contributed by atoms with Crippen molar-refractivity contribution in [3.8, 4) is 0 Å². The third-order valence-electron chi connectivity index (χ3n) is 2.38. The molecule has 2 nitrogen and oxygen atoms in total. The zero-order valence-corrected chi connectivity index (χ0v) is 9.30. The second-order valence-corrected chi connectivity index (χ2v) is 3.48. The molecular formula is C11H22O2. The standard InChI is InChI=1S/C11H22O2/c1-5-8-13-11(9(4)12)10(6-2)7-3/h10-11H,5-8H2,1-4H3. The lowest BCUT2D eigenvalue weighted by molar-refractivity contribution is -0.132. The summed E-state index contributed by atoms with van der Waals surface area (Å²) in [5, 5.41) is 0. The van der Waals surface area contributed by atoms with E-state index in [-0.39, 0.29) is 11.9 Å². The number of rotatable bonds is 7. The molecule has 2 heteroatoms. The summed E-state index contributed by atoms with van der Waals surface area (Å²) >= 11 is 0. The average molecular weight is 186 g/mol. The average Bonchev–Trinajstić information content (AvgIpc) is 2.11. The van der Waals surface area contributed by atoms with Gasteiger partial charge in [0.05, 0.1) is 0 Å². The minimum absolute atomic E-state index is 0.169. The van der Waals surface area contributed by atoms with Crippen molar-refractivity contribution in [1.82, 2.24) is 0 Å². The van der Waals surface area contributed by atoms with Crippen LogP contribution in [0.2, 0.25) is 0 Å². The van der Waals surface area contributed by atoms with Gasteiger partial charge in [-0.25, -0.2) is 0 Å². The summed E-state index contributed by atoms with van der Waals surface area (Å²) in [6.07, 6.45) is 2.84. The van der Waals surface area contributed by atoms with Crippen molar-refractivity contribution in [3.05, 3.63) is 0 Å². The number of carbonyl (C=O) groups is 1. The van der Waals surface area contributed by atoms with Gasteiger partial charge in [-0.3, -0.25) is 4.79 Å². The zero-order chi connectivity index (χ0) is 10.3. The van der Waals surface area contributed by atoms with Crippen LogP contribution in [0, 0.1) is 5.92 Å². The molecule has 0 aromatic rings. The summed E-state index contributed by atoms with van der Waals surface area (Å²) in [5.74, 6) is 0.561. The first-order valence-corrected chi connectivity index (χ1v) is 5.29.